The van der Waals surface area contributed by atoms with Crippen molar-refractivity contribution in [2.45, 2.75) is 6.04 Å². The lowest BCUT2D eigenvalue weighted by molar-refractivity contribution is -0.153. The molecule has 1 aliphatic heterocycles. The molecule has 1 saturated heterocycles. The summed E-state index contributed by atoms with van der Waals surface area (Å²) in [6.45, 7) is 1.67. The lowest BCUT2D eigenvalue weighted by atomic mass is 10.2. The Labute approximate surface area is 182 Å². The first-order valence-corrected chi connectivity index (χ1v) is 11.4. The summed E-state index contributed by atoms with van der Waals surface area (Å²) in [5.41, 5.74) is 1.66. The molecule has 1 amide bonds. The molecule has 0 aliphatic carbocycles. The number of sulfonamides is 1. The van der Waals surface area contributed by atoms with E-state index in [9.17, 15) is 18.4 Å². The third kappa shape index (κ3) is 5.98. The number of carbonyl (C=O) groups is 1. The van der Waals surface area contributed by atoms with Crippen molar-refractivity contribution >= 4 is 22.1 Å². The van der Waals surface area contributed by atoms with Gasteiger partial charge in [-0.1, -0.05) is 30.0 Å². The Kier molecular flexibility index (Phi) is 7.52. The second-order valence-electron chi connectivity index (χ2n) is 7.00. The zero-order chi connectivity index (χ0) is 22.3. The third-order valence-electron chi connectivity index (χ3n) is 5.02. The smallest absolute Gasteiger partial charge is 0.234 e. The molecule has 1 atom stereocenters. The third-order valence-corrected chi connectivity index (χ3v) is 6.91. The van der Waals surface area contributed by atoms with E-state index in [2.05, 4.69) is 16.7 Å². The van der Waals surface area contributed by atoms with Crippen LogP contribution in [0.25, 0.3) is 0 Å². The van der Waals surface area contributed by atoms with Gasteiger partial charge >= 0.3 is 0 Å². The van der Waals surface area contributed by atoms with Crippen LogP contribution in [0.4, 0.5) is 5.69 Å². The quantitative estimate of drug-likeness (QED) is 0.301. The van der Waals surface area contributed by atoms with E-state index >= 15 is 0 Å². The van der Waals surface area contributed by atoms with Crippen LogP contribution < -0.4 is 9.64 Å². The number of hydroxylamine groups is 2. The fraction of sp³-hybridized carbons (Fsp3) is 0.318. The van der Waals surface area contributed by atoms with Crippen molar-refractivity contribution in [2.24, 2.45) is 0 Å². The van der Waals surface area contributed by atoms with Crippen LogP contribution >= 0.6 is 0 Å². The number of rotatable bonds is 7. The maximum Gasteiger partial charge on any atom is 0.234 e. The van der Waals surface area contributed by atoms with Gasteiger partial charge in [0.25, 0.3) is 0 Å². The molecular formula is C22H25N3O5S. The highest BCUT2D eigenvalue weighted by atomic mass is 32.2. The van der Waals surface area contributed by atoms with Gasteiger partial charge in [-0.25, -0.2) is 13.5 Å². The molecule has 3 rings (SSSR count). The zero-order valence-corrected chi connectivity index (χ0v) is 18.0. The minimum atomic E-state index is -3.73. The molecule has 8 nitrogen and oxygen atoms in total. The summed E-state index contributed by atoms with van der Waals surface area (Å²) in [4.78, 5) is 13.1. The Bertz CT molecular complexity index is 1020. The Morgan fingerprint density at radius 3 is 2.32 bits per heavy atom. The summed E-state index contributed by atoms with van der Waals surface area (Å²) in [7, 11) is -2.13. The Hall–Kier alpha value is -3.06. The molecule has 2 aromatic rings. The fourth-order valence-corrected chi connectivity index (χ4v) is 4.83. The number of anilines is 1. The summed E-state index contributed by atoms with van der Waals surface area (Å²) in [6.07, 6.45) is 0.168. The van der Waals surface area contributed by atoms with Gasteiger partial charge in [-0.05, 0) is 36.4 Å². The van der Waals surface area contributed by atoms with E-state index in [0.29, 0.717) is 36.8 Å². The van der Waals surface area contributed by atoms with E-state index in [1.165, 1.54) is 4.31 Å². The molecule has 164 valence electrons. The molecule has 0 saturated carbocycles. The second kappa shape index (κ2) is 10.3. The standard InChI is InChI=1S/C22H25N3O5S/c1-30-22-11-9-20(10-12-22)23-13-15-24(16-14-23)31(28,29)17-21(25(27)18-26)8-7-19-5-3-2-4-6-19/h2-6,9-12,18,21,27H,13-17H2,1H3. The molecule has 0 spiro atoms. The summed E-state index contributed by atoms with van der Waals surface area (Å²) in [5, 5.41) is 10.2. The number of methoxy groups -OCH3 is 1. The van der Waals surface area contributed by atoms with Crippen molar-refractivity contribution in [3.8, 4) is 17.6 Å². The minimum Gasteiger partial charge on any atom is -0.497 e. The van der Waals surface area contributed by atoms with Gasteiger partial charge in [0.2, 0.25) is 16.4 Å². The van der Waals surface area contributed by atoms with E-state index < -0.39 is 21.8 Å². The van der Waals surface area contributed by atoms with E-state index in [-0.39, 0.29) is 6.41 Å². The van der Waals surface area contributed by atoms with Gasteiger partial charge in [0.05, 0.1) is 12.9 Å². The number of amides is 1. The summed E-state index contributed by atoms with van der Waals surface area (Å²) < 4.78 is 32.4. The number of hydrogen-bond acceptors (Lipinski definition) is 6. The van der Waals surface area contributed by atoms with Gasteiger partial charge in [0.15, 0.2) is 0 Å². The molecule has 1 aliphatic rings. The van der Waals surface area contributed by atoms with Crippen LogP contribution in [0.2, 0.25) is 0 Å². The monoisotopic (exact) mass is 443 g/mol. The average Bonchev–Trinajstić information content (AvgIpc) is 2.82. The molecule has 9 heteroatoms. The van der Waals surface area contributed by atoms with Crippen LogP contribution in [0, 0.1) is 11.8 Å². The number of ether oxygens (including phenoxy) is 1. The predicted octanol–water partition coefficient (Wildman–Crippen LogP) is 1.41. The van der Waals surface area contributed by atoms with Crippen LogP contribution in [-0.2, 0) is 14.8 Å². The topological polar surface area (TPSA) is 90.4 Å². The molecule has 1 heterocycles. The molecule has 0 bridgehead atoms. The van der Waals surface area contributed by atoms with Crippen molar-refractivity contribution in [3.63, 3.8) is 0 Å². The lowest BCUT2D eigenvalue weighted by Gasteiger charge is -2.36. The SMILES string of the molecule is COc1ccc(N2CCN(S(=O)(=O)CC(C#Cc3ccccc3)N(O)C=O)CC2)cc1. The van der Waals surface area contributed by atoms with E-state index in [1.807, 2.05) is 30.3 Å². The summed E-state index contributed by atoms with van der Waals surface area (Å²) in [6, 6.07) is 15.4. The van der Waals surface area contributed by atoms with Gasteiger partial charge in [0, 0.05) is 37.4 Å². The first-order valence-electron chi connectivity index (χ1n) is 9.79. The van der Waals surface area contributed by atoms with Crippen molar-refractivity contribution in [3.05, 3.63) is 60.2 Å². The van der Waals surface area contributed by atoms with Gasteiger partial charge in [-0.15, -0.1) is 0 Å². The van der Waals surface area contributed by atoms with E-state index in [1.54, 1.807) is 31.4 Å². The van der Waals surface area contributed by atoms with Crippen LogP contribution in [0.15, 0.2) is 54.6 Å². The van der Waals surface area contributed by atoms with Gasteiger partial charge < -0.3 is 9.64 Å². The highest BCUT2D eigenvalue weighted by Gasteiger charge is 2.31. The van der Waals surface area contributed by atoms with E-state index in [4.69, 9.17) is 4.74 Å². The number of benzene rings is 2. The van der Waals surface area contributed by atoms with Crippen molar-refractivity contribution in [1.82, 2.24) is 9.37 Å². The van der Waals surface area contributed by atoms with Gasteiger partial charge in [-0.2, -0.15) is 4.31 Å². The van der Waals surface area contributed by atoms with Crippen LogP contribution in [-0.4, -0.2) is 74.5 Å². The maximum atomic E-state index is 12.9. The Balaban J connectivity index is 1.66. The Morgan fingerprint density at radius 2 is 1.74 bits per heavy atom. The van der Waals surface area contributed by atoms with Crippen LogP contribution in [0.5, 0.6) is 5.75 Å². The summed E-state index contributed by atoms with van der Waals surface area (Å²) >= 11 is 0. The molecule has 1 fully saturated rings. The molecular weight excluding hydrogens is 418 g/mol. The Morgan fingerprint density at radius 1 is 1.10 bits per heavy atom. The van der Waals surface area contributed by atoms with Crippen LogP contribution in [0.1, 0.15) is 5.56 Å². The molecule has 1 unspecified atom stereocenters. The van der Waals surface area contributed by atoms with Crippen LogP contribution in [0.3, 0.4) is 0 Å². The van der Waals surface area contributed by atoms with Crippen molar-refractivity contribution in [2.75, 3.05) is 43.9 Å². The first-order chi connectivity index (χ1) is 14.9. The molecule has 1 N–H and O–H groups in total. The highest BCUT2D eigenvalue weighted by molar-refractivity contribution is 7.89. The molecule has 2 aromatic carbocycles. The first kappa shape index (κ1) is 22.6. The maximum absolute atomic E-state index is 12.9. The zero-order valence-electron chi connectivity index (χ0n) is 17.2. The minimum absolute atomic E-state index is 0.168. The fourth-order valence-electron chi connectivity index (χ4n) is 3.27. The number of hydrogen-bond donors (Lipinski definition) is 1. The van der Waals surface area contributed by atoms with Crippen molar-refractivity contribution < 1.29 is 23.2 Å². The normalized spacial score (nSPS) is 15.5. The number of nitrogens with zero attached hydrogens (tertiary/aromatic N) is 3. The molecule has 0 radical (unpaired) electrons. The molecule has 0 aromatic heterocycles. The van der Waals surface area contributed by atoms with Crippen molar-refractivity contribution in [1.29, 1.82) is 0 Å². The largest absolute Gasteiger partial charge is 0.497 e. The number of carbonyl (C=O) groups excluding carboxylic acids is 1. The van der Waals surface area contributed by atoms with Gasteiger partial charge in [0.1, 0.15) is 11.8 Å². The molecule has 31 heavy (non-hydrogen) atoms. The number of piperazine rings is 1. The van der Waals surface area contributed by atoms with E-state index in [0.717, 1.165) is 11.4 Å². The summed E-state index contributed by atoms with van der Waals surface area (Å²) in [5.74, 6) is 5.78. The average molecular weight is 444 g/mol. The second-order valence-corrected chi connectivity index (χ2v) is 9.01. The predicted molar refractivity (Wildman–Crippen MR) is 117 cm³/mol. The highest BCUT2D eigenvalue weighted by Crippen LogP contribution is 2.21. The lowest BCUT2D eigenvalue weighted by Crippen LogP contribution is -2.51. The van der Waals surface area contributed by atoms with Gasteiger partial charge in [-0.3, -0.25) is 10.0 Å².